The summed E-state index contributed by atoms with van der Waals surface area (Å²) in [4.78, 5) is 2.60. The van der Waals surface area contributed by atoms with Crippen molar-refractivity contribution in [1.82, 2.24) is 10.2 Å². The number of aliphatic hydroxyl groups is 2. The van der Waals surface area contributed by atoms with Gasteiger partial charge in [0, 0.05) is 37.3 Å². The lowest BCUT2D eigenvalue weighted by molar-refractivity contribution is 0.00703. The molecular formula is C22H36N2O2. The van der Waals surface area contributed by atoms with Gasteiger partial charge >= 0.3 is 0 Å². The maximum atomic E-state index is 10.2. The van der Waals surface area contributed by atoms with Gasteiger partial charge in [-0.05, 0) is 51.0 Å². The summed E-state index contributed by atoms with van der Waals surface area (Å²) in [5.74, 6) is 0.612. The molecule has 4 heteroatoms. The molecule has 0 bridgehead atoms. The van der Waals surface area contributed by atoms with Crippen LogP contribution in [0.4, 0.5) is 0 Å². The van der Waals surface area contributed by atoms with E-state index in [0.29, 0.717) is 24.8 Å². The molecule has 26 heavy (non-hydrogen) atoms. The molecule has 0 spiro atoms. The third-order valence-electron chi connectivity index (χ3n) is 6.44. The molecule has 0 aromatic rings. The van der Waals surface area contributed by atoms with Crippen LogP contribution in [0.2, 0.25) is 0 Å². The highest BCUT2D eigenvalue weighted by Crippen LogP contribution is 2.37. The molecule has 0 aromatic heterocycles. The molecule has 4 nitrogen and oxygen atoms in total. The fraction of sp³-hybridized carbons (Fsp3) is 0.727. The van der Waals surface area contributed by atoms with Crippen molar-refractivity contribution in [1.29, 1.82) is 0 Å². The monoisotopic (exact) mass is 360 g/mol. The molecule has 0 fully saturated rings. The van der Waals surface area contributed by atoms with Gasteiger partial charge < -0.3 is 15.5 Å². The molecule has 0 saturated carbocycles. The SMILES string of the molecule is CCNC1=C(CN2CCC3=C(CC(O)C(O)C3)C2CC)C=CCC1CC. The molecule has 4 atom stereocenters. The van der Waals surface area contributed by atoms with Gasteiger partial charge in [-0.2, -0.15) is 0 Å². The molecule has 3 rings (SSSR count). The molecule has 0 saturated heterocycles. The minimum absolute atomic E-state index is 0.395. The summed E-state index contributed by atoms with van der Waals surface area (Å²) in [6, 6.07) is 0.395. The normalized spacial score (nSPS) is 32.8. The molecule has 0 amide bonds. The summed E-state index contributed by atoms with van der Waals surface area (Å²) < 4.78 is 0. The Hall–Kier alpha value is -1.10. The second kappa shape index (κ2) is 8.73. The lowest BCUT2D eigenvalue weighted by Crippen LogP contribution is -2.46. The van der Waals surface area contributed by atoms with E-state index in [1.54, 1.807) is 0 Å². The van der Waals surface area contributed by atoms with Crippen molar-refractivity contribution in [2.45, 2.75) is 77.5 Å². The van der Waals surface area contributed by atoms with Gasteiger partial charge in [0.1, 0.15) is 0 Å². The summed E-state index contributed by atoms with van der Waals surface area (Å²) in [5, 5.41) is 23.9. The van der Waals surface area contributed by atoms with Gasteiger partial charge in [-0.1, -0.05) is 37.1 Å². The summed E-state index contributed by atoms with van der Waals surface area (Å²) in [6.07, 6.45) is 9.17. The zero-order valence-corrected chi connectivity index (χ0v) is 16.7. The van der Waals surface area contributed by atoms with Gasteiger partial charge in [0.05, 0.1) is 12.2 Å². The number of nitrogens with one attached hydrogen (secondary N) is 1. The van der Waals surface area contributed by atoms with Crippen LogP contribution in [0.15, 0.2) is 34.6 Å². The summed E-state index contributed by atoms with van der Waals surface area (Å²) >= 11 is 0. The molecular weight excluding hydrogens is 324 g/mol. The molecule has 0 radical (unpaired) electrons. The van der Waals surface area contributed by atoms with E-state index in [1.165, 1.54) is 28.8 Å². The highest BCUT2D eigenvalue weighted by Gasteiger charge is 2.36. The molecule has 3 aliphatic rings. The van der Waals surface area contributed by atoms with Crippen LogP contribution >= 0.6 is 0 Å². The van der Waals surface area contributed by atoms with Gasteiger partial charge in [-0.15, -0.1) is 0 Å². The standard InChI is InChI=1S/C22H36N2O2/c1-4-15-8-7-9-17(22(15)23-6-3)14-24-11-10-16-12-20(25)21(26)13-18(16)19(24)5-2/h7,9,15,19-21,23,25-26H,4-6,8,10-14H2,1-3H3. The number of allylic oxidation sites excluding steroid dienone is 2. The maximum absolute atomic E-state index is 10.2. The van der Waals surface area contributed by atoms with Crippen LogP contribution in [-0.4, -0.2) is 53.0 Å². The fourth-order valence-electron chi connectivity index (χ4n) is 5.03. The molecule has 4 unspecified atom stereocenters. The van der Waals surface area contributed by atoms with Crippen molar-refractivity contribution in [3.05, 3.63) is 34.6 Å². The molecule has 3 N–H and O–H groups in total. The number of aliphatic hydroxyl groups excluding tert-OH is 2. The van der Waals surface area contributed by atoms with Crippen LogP contribution in [0.3, 0.4) is 0 Å². The van der Waals surface area contributed by atoms with Crippen molar-refractivity contribution < 1.29 is 10.2 Å². The second-order valence-corrected chi connectivity index (χ2v) is 8.03. The first-order chi connectivity index (χ1) is 12.6. The third-order valence-corrected chi connectivity index (χ3v) is 6.44. The topological polar surface area (TPSA) is 55.7 Å². The van der Waals surface area contributed by atoms with Crippen molar-refractivity contribution in [2.75, 3.05) is 19.6 Å². The second-order valence-electron chi connectivity index (χ2n) is 8.03. The Morgan fingerprint density at radius 1 is 1.12 bits per heavy atom. The maximum Gasteiger partial charge on any atom is 0.0839 e. The van der Waals surface area contributed by atoms with Gasteiger partial charge in [0.15, 0.2) is 0 Å². The van der Waals surface area contributed by atoms with Crippen LogP contribution in [0, 0.1) is 5.92 Å². The quantitative estimate of drug-likeness (QED) is 0.637. The minimum atomic E-state index is -0.599. The highest BCUT2D eigenvalue weighted by molar-refractivity contribution is 5.34. The average Bonchev–Trinajstić information content (AvgIpc) is 2.64. The van der Waals surface area contributed by atoms with Gasteiger partial charge in [0.25, 0.3) is 0 Å². The lowest BCUT2D eigenvalue weighted by Gasteiger charge is -2.43. The van der Waals surface area contributed by atoms with Crippen molar-refractivity contribution in [3.8, 4) is 0 Å². The Labute approximate surface area is 158 Å². The van der Waals surface area contributed by atoms with Crippen LogP contribution < -0.4 is 5.32 Å². The molecule has 146 valence electrons. The van der Waals surface area contributed by atoms with Gasteiger partial charge in [-0.25, -0.2) is 0 Å². The number of nitrogens with zero attached hydrogens (tertiary/aromatic N) is 1. The third kappa shape index (κ3) is 3.92. The first-order valence-electron chi connectivity index (χ1n) is 10.5. The van der Waals surface area contributed by atoms with Crippen LogP contribution in [0.1, 0.15) is 59.3 Å². The predicted octanol–water partition coefficient (Wildman–Crippen LogP) is 3.13. The fourth-order valence-corrected chi connectivity index (χ4v) is 5.03. The molecule has 1 aliphatic heterocycles. The smallest absolute Gasteiger partial charge is 0.0839 e. The molecule has 1 heterocycles. The average molecular weight is 361 g/mol. The van der Waals surface area contributed by atoms with E-state index < -0.39 is 12.2 Å². The lowest BCUT2D eigenvalue weighted by atomic mass is 9.79. The number of rotatable bonds is 6. The van der Waals surface area contributed by atoms with Crippen LogP contribution in [0.25, 0.3) is 0 Å². The first kappa shape index (κ1) is 19.7. The Balaban J connectivity index is 1.82. The zero-order chi connectivity index (χ0) is 18.7. The Kier molecular flexibility index (Phi) is 6.60. The zero-order valence-electron chi connectivity index (χ0n) is 16.7. The molecule has 2 aliphatic carbocycles. The Bertz CT molecular complexity index is 593. The highest BCUT2D eigenvalue weighted by atomic mass is 16.3. The summed E-state index contributed by atoms with van der Waals surface area (Å²) in [5.41, 5.74) is 5.67. The number of hydrogen-bond acceptors (Lipinski definition) is 4. The van der Waals surface area contributed by atoms with Crippen LogP contribution in [-0.2, 0) is 0 Å². The van der Waals surface area contributed by atoms with E-state index >= 15 is 0 Å². The van der Waals surface area contributed by atoms with Crippen molar-refractivity contribution >= 4 is 0 Å². The van der Waals surface area contributed by atoms with Crippen LogP contribution in [0.5, 0.6) is 0 Å². The van der Waals surface area contributed by atoms with E-state index in [-0.39, 0.29) is 0 Å². The van der Waals surface area contributed by atoms with E-state index in [4.69, 9.17) is 0 Å². The molecule has 0 aromatic carbocycles. The predicted molar refractivity (Wildman–Crippen MR) is 107 cm³/mol. The first-order valence-corrected chi connectivity index (χ1v) is 10.5. The summed E-state index contributed by atoms with van der Waals surface area (Å²) in [7, 11) is 0. The van der Waals surface area contributed by atoms with E-state index in [9.17, 15) is 10.2 Å². The van der Waals surface area contributed by atoms with E-state index in [1.807, 2.05) is 0 Å². The largest absolute Gasteiger partial charge is 0.390 e. The van der Waals surface area contributed by atoms with Gasteiger partial charge in [-0.3, -0.25) is 4.90 Å². The number of hydrogen-bond donors (Lipinski definition) is 3. The van der Waals surface area contributed by atoms with E-state index in [2.05, 4.69) is 43.1 Å². The Morgan fingerprint density at radius 3 is 2.58 bits per heavy atom. The summed E-state index contributed by atoms with van der Waals surface area (Å²) in [6.45, 7) is 9.70. The van der Waals surface area contributed by atoms with Crippen molar-refractivity contribution in [2.24, 2.45) is 5.92 Å². The van der Waals surface area contributed by atoms with Gasteiger partial charge in [0.2, 0.25) is 0 Å². The van der Waals surface area contributed by atoms with E-state index in [0.717, 1.165) is 38.9 Å². The van der Waals surface area contributed by atoms with Crippen molar-refractivity contribution in [3.63, 3.8) is 0 Å². The minimum Gasteiger partial charge on any atom is -0.390 e. The Morgan fingerprint density at radius 2 is 1.88 bits per heavy atom.